The number of carbonyl (C=O) groups is 2. The molecule has 0 atom stereocenters. The van der Waals surface area contributed by atoms with Crippen molar-refractivity contribution in [2.24, 2.45) is 0 Å². The predicted molar refractivity (Wildman–Crippen MR) is 96.4 cm³/mol. The summed E-state index contributed by atoms with van der Waals surface area (Å²) in [5.74, 6) is 1.86. The zero-order valence-electron chi connectivity index (χ0n) is 13.1. The fourth-order valence-corrected chi connectivity index (χ4v) is 3.65. The molecule has 8 heteroatoms. The van der Waals surface area contributed by atoms with Crippen molar-refractivity contribution >= 4 is 45.8 Å². The van der Waals surface area contributed by atoms with Gasteiger partial charge in [0.1, 0.15) is 4.32 Å². The van der Waals surface area contributed by atoms with Gasteiger partial charge in [0.05, 0.1) is 5.75 Å². The number of ether oxygens (including phenoxy) is 2. The number of anilines is 1. The lowest BCUT2D eigenvalue weighted by Crippen LogP contribution is -2.29. The van der Waals surface area contributed by atoms with Crippen molar-refractivity contribution in [3.63, 3.8) is 0 Å². The molecule has 0 saturated carbocycles. The van der Waals surface area contributed by atoms with E-state index in [-0.39, 0.29) is 18.6 Å². The number of nitrogens with zero attached hydrogens (tertiary/aromatic N) is 1. The molecule has 1 aromatic carbocycles. The van der Waals surface area contributed by atoms with Crippen LogP contribution in [0.1, 0.15) is 25.7 Å². The Balaban J connectivity index is 1.34. The van der Waals surface area contributed by atoms with Crippen molar-refractivity contribution in [3.05, 3.63) is 18.2 Å². The summed E-state index contributed by atoms with van der Waals surface area (Å²) in [5.41, 5.74) is 0.703. The summed E-state index contributed by atoms with van der Waals surface area (Å²) in [6, 6.07) is 5.34. The number of carbonyl (C=O) groups excluding carboxylic acids is 2. The van der Waals surface area contributed by atoms with Gasteiger partial charge in [0, 0.05) is 24.7 Å². The van der Waals surface area contributed by atoms with Crippen molar-refractivity contribution < 1.29 is 19.1 Å². The van der Waals surface area contributed by atoms with Crippen LogP contribution in [0.15, 0.2) is 18.2 Å². The van der Waals surface area contributed by atoms with E-state index in [1.165, 1.54) is 11.8 Å². The average molecular weight is 366 g/mol. The maximum absolute atomic E-state index is 12.0. The van der Waals surface area contributed by atoms with Gasteiger partial charge >= 0.3 is 0 Å². The highest BCUT2D eigenvalue weighted by molar-refractivity contribution is 8.23. The van der Waals surface area contributed by atoms with Gasteiger partial charge in [-0.05, 0) is 25.0 Å². The zero-order chi connectivity index (χ0) is 16.9. The van der Waals surface area contributed by atoms with E-state index in [2.05, 4.69) is 5.32 Å². The minimum Gasteiger partial charge on any atom is -0.454 e. The largest absolute Gasteiger partial charge is 0.454 e. The lowest BCUT2D eigenvalue weighted by Gasteiger charge is -2.14. The van der Waals surface area contributed by atoms with Crippen LogP contribution in [0, 0.1) is 0 Å². The number of hydrogen-bond donors (Lipinski definition) is 1. The highest BCUT2D eigenvalue weighted by Crippen LogP contribution is 2.34. The van der Waals surface area contributed by atoms with Crippen molar-refractivity contribution in [2.75, 3.05) is 24.4 Å². The normalized spacial score (nSPS) is 15.9. The number of thiocarbonyl (C=S) groups is 1. The standard InChI is InChI=1S/C16H18N2O4S2/c19-14(17-11-5-6-12-13(8-11)22-10-21-12)4-2-1-3-7-18-15(20)9-24-16(18)23/h5-6,8H,1-4,7,9-10H2,(H,17,19). The molecular formula is C16H18N2O4S2. The van der Waals surface area contributed by atoms with Gasteiger partial charge in [0.2, 0.25) is 18.6 Å². The second-order valence-electron chi connectivity index (χ2n) is 5.53. The van der Waals surface area contributed by atoms with Crippen molar-refractivity contribution in [3.8, 4) is 11.5 Å². The second kappa shape index (κ2) is 7.85. The Morgan fingerprint density at radius 2 is 2.08 bits per heavy atom. The van der Waals surface area contributed by atoms with E-state index >= 15 is 0 Å². The molecule has 0 aromatic heterocycles. The number of benzene rings is 1. The molecule has 0 aliphatic carbocycles. The maximum Gasteiger partial charge on any atom is 0.238 e. The summed E-state index contributed by atoms with van der Waals surface area (Å²) >= 11 is 6.55. The Morgan fingerprint density at radius 1 is 1.25 bits per heavy atom. The van der Waals surface area contributed by atoms with Crippen LogP contribution in [-0.2, 0) is 9.59 Å². The average Bonchev–Trinajstić information content (AvgIpc) is 3.14. The zero-order valence-corrected chi connectivity index (χ0v) is 14.7. The van der Waals surface area contributed by atoms with Crippen LogP contribution in [0.3, 0.4) is 0 Å². The van der Waals surface area contributed by atoms with Crippen LogP contribution in [0.2, 0.25) is 0 Å². The molecule has 0 radical (unpaired) electrons. The van der Waals surface area contributed by atoms with Crippen LogP contribution in [0.25, 0.3) is 0 Å². The number of fused-ring (bicyclic) bond motifs is 1. The molecule has 1 saturated heterocycles. The van der Waals surface area contributed by atoms with E-state index in [0.717, 1.165) is 19.3 Å². The molecule has 0 spiro atoms. The van der Waals surface area contributed by atoms with Gasteiger partial charge in [-0.3, -0.25) is 14.5 Å². The second-order valence-corrected chi connectivity index (χ2v) is 7.14. The maximum atomic E-state index is 12.0. The highest BCUT2D eigenvalue weighted by atomic mass is 32.2. The first-order valence-corrected chi connectivity index (χ1v) is 9.19. The van der Waals surface area contributed by atoms with E-state index < -0.39 is 0 Å². The van der Waals surface area contributed by atoms with Crippen LogP contribution >= 0.6 is 24.0 Å². The molecule has 24 heavy (non-hydrogen) atoms. The Morgan fingerprint density at radius 3 is 2.88 bits per heavy atom. The fraction of sp³-hybridized carbons (Fsp3) is 0.438. The lowest BCUT2D eigenvalue weighted by molar-refractivity contribution is -0.124. The first-order valence-electron chi connectivity index (χ1n) is 7.80. The van der Waals surface area contributed by atoms with Crippen LogP contribution in [-0.4, -0.2) is 40.1 Å². The Labute approximate surface area is 149 Å². The first kappa shape index (κ1) is 17.0. The molecule has 1 N–H and O–H groups in total. The van der Waals surface area contributed by atoms with Crippen molar-refractivity contribution in [1.29, 1.82) is 0 Å². The van der Waals surface area contributed by atoms with E-state index in [1.807, 2.05) is 0 Å². The third-order valence-corrected chi connectivity index (χ3v) is 5.22. The number of hydrogen-bond acceptors (Lipinski definition) is 6. The summed E-state index contributed by atoms with van der Waals surface area (Å²) in [7, 11) is 0. The molecular weight excluding hydrogens is 348 g/mol. The summed E-state index contributed by atoms with van der Waals surface area (Å²) in [5, 5.41) is 2.85. The van der Waals surface area contributed by atoms with E-state index in [9.17, 15) is 9.59 Å². The summed E-state index contributed by atoms with van der Waals surface area (Å²) in [6.45, 7) is 0.864. The molecule has 2 heterocycles. The molecule has 2 aliphatic heterocycles. The summed E-state index contributed by atoms with van der Waals surface area (Å²) in [4.78, 5) is 25.2. The number of unbranched alkanes of at least 4 members (excludes halogenated alkanes) is 2. The molecule has 3 rings (SSSR count). The quantitative estimate of drug-likeness (QED) is 0.591. The SMILES string of the molecule is O=C(CCCCCN1C(=O)CSC1=S)Nc1ccc2c(c1)OCO2. The number of nitrogens with one attached hydrogen (secondary N) is 1. The Bertz CT molecular complexity index is 649. The van der Waals surface area contributed by atoms with Gasteiger partial charge in [0.25, 0.3) is 0 Å². The van der Waals surface area contributed by atoms with Gasteiger partial charge in [-0.2, -0.15) is 0 Å². The van der Waals surface area contributed by atoms with Gasteiger partial charge in [-0.1, -0.05) is 30.4 Å². The smallest absolute Gasteiger partial charge is 0.238 e. The Hall–Kier alpha value is -1.80. The topological polar surface area (TPSA) is 67.9 Å². The van der Waals surface area contributed by atoms with Gasteiger partial charge in [-0.25, -0.2) is 0 Å². The minimum absolute atomic E-state index is 0.0304. The molecule has 2 amide bonds. The van der Waals surface area contributed by atoms with E-state index in [1.54, 1.807) is 23.1 Å². The van der Waals surface area contributed by atoms with Gasteiger partial charge in [0.15, 0.2) is 11.5 Å². The molecule has 1 fully saturated rings. The van der Waals surface area contributed by atoms with Gasteiger partial charge in [-0.15, -0.1) is 0 Å². The summed E-state index contributed by atoms with van der Waals surface area (Å²) < 4.78 is 11.2. The molecule has 1 aromatic rings. The first-order chi connectivity index (χ1) is 11.6. The van der Waals surface area contributed by atoms with Crippen molar-refractivity contribution in [1.82, 2.24) is 4.90 Å². The van der Waals surface area contributed by atoms with Crippen molar-refractivity contribution in [2.45, 2.75) is 25.7 Å². The fourth-order valence-electron chi connectivity index (χ4n) is 2.53. The minimum atomic E-state index is -0.0304. The predicted octanol–water partition coefficient (Wildman–Crippen LogP) is 2.77. The lowest BCUT2D eigenvalue weighted by atomic mass is 10.1. The van der Waals surface area contributed by atoms with Crippen LogP contribution in [0.5, 0.6) is 11.5 Å². The third kappa shape index (κ3) is 4.18. The summed E-state index contributed by atoms with van der Waals surface area (Å²) in [6.07, 6.45) is 2.95. The third-order valence-electron chi connectivity index (χ3n) is 3.78. The van der Waals surface area contributed by atoms with Crippen LogP contribution < -0.4 is 14.8 Å². The molecule has 0 unspecified atom stereocenters. The number of amides is 2. The van der Waals surface area contributed by atoms with E-state index in [4.69, 9.17) is 21.7 Å². The monoisotopic (exact) mass is 366 g/mol. The van der Waals surface area contributed by atoms with Crippen LogP contribution in [0.4, 0.5) is 5.69 Å². The van der Waals surface area contributed by atoms with E-state index in [0.29, 0.717) is 40.2 Å². The molecule has 2 aliphatic rings. The molecule has 0 bridgehead atoms. The Kier molecular flexibility index (Phi) is 5.57. The number of rotatable bonds is 7. The molecule has 128 valence electrons. The highest BCUT2D eigenvalue weighted by Gasteiger charge is 2.25. The van der Waals surface area contributed by atoms with Gasteiger partial charge < -0.3 is 14.8 Å². The molecule has 6 nitrogen and oxygen atoms in total. The number of thioether (sulfide) groups is 1.